The van der Waals surface area contributed by atoms with Gasteiger partial charge in [0.25, 0.3) is 0 Å². The molecule has 4 saturated heterocycles. The predicted octanol–water partition coefficient (Wildman–Crippen LogP) is 12.1. The number of benzene rings is 2. The van der Waals surface area contributed by atoms with E-state index in [0.29, 0.717) is 48.7 Å². The van der Waals surface area contributed by atoms with Crippen LogP contribution in [-0.2, 0) is 0 Å². The minimum Gasteiger partial charge on any atom is -0.486 e. The molecule has 0 aromatic heterocycles. The highest BCUT2D eigenvalue weighted by Gasteiger charge is 2.47. The highest BCUT2D eigenvalue weighted by atomic mass is 16.5. The molecule has 12 heteroatoms. The van der Waals surface area contributed by atoms with E-state index in [1.54, 1.807) is 0 Å². The Bertz CT molecular complexity index is 1800. The number of hydrogen-bond donors (Lipinski definition) is 4. The van der Waals surface area contributed by atoms with Gasteiger partial charge in [0.05, 0.1) is 0 Å². The Labute approximate surface area is 386 Å². The number of nitrogens with zero attached hydrogens (tertiary/aromatic N) is 4. The van der Waals surface area contributed by atoms with Crippen LogP contribution in [0, 0.1) is 0 Å². The van der Waals surface area contributed by atoms with Gasteiger partial charge < -0.3 is 39.8 Å². The molecule has 4 aliphatic heterocycles. The van der Waals surface area contributed by atoms with Gasteiger partial charge in [-0.05, 0) is 198 Å². The van der Waals surface area contributed by atoms with Crippen molar-refractivity contribution in [3.8, 4) is 34.1 Å². The molecule has 4 unspecified atom stereocenters. The van der Waals surface area contributed by atoms with Crippen LogP contribution in [0.2, 0.25) is 0 Å². The van der Waals surface area contributed by atoms with Gasteiger partial charge in [-0.25, -0.2) is 0 Å². The molecule has 64 heavy (non-hydrogen) atoms. The van der Waals surface area contributed by atoms with Crippen LogP contribution in [0.3, 0.4) is 0 Å². The van der Waals surface area contributed by atoms with E-state index in [1.807, 2.05) is 12.1 Å². The Morgan fingerprint density at radius 2 is 0.562 bits per heavy atom. The van der Waals surface area contributed by atoms with Crippen LogP contribution in [0.4, 0.5) is 0 Å². The second kappa shape index (κ2) is 17.8. The first-order valence-corrected chi connectivity index (χ1v) is 24.2. The highest BCUT2D eigenvalue weighted by Crippen LogP contribution is 2.46. The zero-order valence-corrected chi connectivity index (χ0v) is 42.5. The average Bonchev–Trinajstić information content (AvgIpc) is 3.40. The summed E-state index contributed by atoms with van der Waals surface area (Å²) in [6, 6.07) is 12.3. The van der Waals surface area contributed by atoms with Crippen molar-refractivity contribution in [2.45, 2.75) is 257 Å². The molecule has 4 aliphatic rings. The smallest absolute Gasteiger partial charge is 0.162 e. The lowest BCUT2D eigenvalue weighted by molar-refractivity contribution is -0.222. The molecule has 0 amide bonds. The second-order valence-corrected chi connectivity index (χ2v) is 25.0. The summed E-state index contributed by atoms with van der Waals surface area (Å²) in [7, 11) is 0. The van der Waals surface area contributed by atoms with Crippen molar-refractivity contribution >= 4 is 0 Å². The van der Waals surface area contributed by atoms with Crippen LogP contribution in [0.1, 0.15) is 188 Å². The monoisotopic (exact) mass is 895 g/mol. The first-order valence-electron chi connectivity index (χ1n) is 24.2. The Hall–Kier alpha value is -2.68. The van der Waals surface area contributed by atoms with E-state index >= 15 is 0 Å². The summed E-state index contributed by atoms with van der Waals surface area (Å²) >= 11 is 0. The number of ether oxygens (including phenoxy) is 4. The van der Waals surface area contributed by atoms with Crippen LogP contribution in [0.25, 0.3) is 11.1 Å². The van der Waals surface area contributed by atoms with E-state index in [2.05, 4.69) is 135 Å². The fourth-order valence-electron chi connectivity index (χ4n) is 11.6. The third kappa shape index (κ3) is 11.0. The number of rotatable bonds is 9. The molecule has 2 aromatic carbocycles. The van der Waals surface area contributed by atoms with Gasteiger partial charge in [0.2, 0.25) is 0 Å². The third-order valence-corrected chi connectivity index (χ3v) is 15.2. The molecule has 0 aliphatic carbocycles. The summed E-state index contributed by atoms with van der Waals surface area (Å²) in [4.78, 5) is 0. The molecule has 6 rings (SSSR count). The first-order chi connectivity index (χ1) is 29.2. The van der Waals surface area contributed by atoms with Gasteiger partial charge in [-0.3, -0.25) is 0 Å². The van der Waals surface area contributed by atoms with E-state index < -0.39 is 44.3 Å². The molecule has 4 N–H and O–H groups in total. The van der Waals surface area contributed by atoms with Crippen molar-refractivity contribution in [3.63, 3.8) is 0 Å². The molecule has 0 saturated carbocycles. The molecule has 0 bridgehead atoms. The maximum atomic E-state index is 11.3. The third-order valence-electron chi connectivity index (χ3n) is 15.2. The van der Waals surface area contributed by atoms with E-state index in [0.717, 1.165) is 62.5 Å². The SMILES string of the molecule is CC1(C)CCC(Oc2ccc(-c3ccc(OC4CCC(C)(C)N(O)C(C)(C)C4)c(OC4CCC(C)(C)N(O)C(C)(C)C4)c3)cc2OC2CCC(C)(C)N(O)C(C)(C)C2)CC(C)(C)N1O. The second-order valence-electron chi connectivity index (χ2n) is 25.0. The highest BCUT2D eigenvalue weighted by molar-refractivity contribution is 5.70. The number of hydroxylamine groups is 8. The summed E-state index contributed by atoms with van der Waals surface area (Å²) < 4.78 is 28.0. The zero-order valence-electron chi connectivity index (χ0n) is 42.5. The Morgan fingerprint density at radius 3 is 0.797 bits per heavy atom. The molecule has 4 fully saturated rings. The predicted molar refractivity (Wildman–Crippen MR) is 252 cm³/mol. The van der Waals surface area contributed by atoms with Crippen LogP contribution < -0.4 is 18.9 Å². The quantitative estimate of drug-likeness (QED) is 0.191. The van der Waals surface area contributed by atoms with Gasteiger partial charge in [-0.15, -0.1) is 0 Å². The molecule has 0 spiro atoms. The standard InChI is InChI=1S/C52H86N4O8/c1-45(2)25-21-37(31-49(9,10)53(45)57)61-41-19-17-35(29-43(41)63-39-23-27-47(5,6)55(59)51(13,14)33-39)36-18-20-42(62-38-22-26-46(3,4)54(58)50(11,12)32-38)44(30-36)64-40-24-28-48(7,8)56(60)52(15,16)34-40/h17-20,29-30,37-40,57-60H,21-28,31-34H2,1-16H3. The van der Waals surface area contributed by atoms with Crippen molar-refractivity contribution in [3.05, 3.63) is 36.4 Å². The minimum atomic E-state index is -0.528. The normalized spacial score (nSPS) is 30.5. The van der Waals surface area contributed by atoms with Crippen LogP contribution >= 0.6 is 0 Å². The maximum absolute atomic E-state index is 11.3. The summed E-state index contributed by atoms with van der Waals surface area (Å²) in [5, 5.41) is 51.2. The Morgan fingerprint density at radius 1 is 0.344 bits per heavy atom. The van der Waals surface area contributed by atoms with E-state index in [-0.39, 0.29) is 24.4 Å². The van der Waals surface area contributed by atoms with Crippen molar-refractivity contribution in [1.82, 2.24) is 20.3 Å². The molecule has 12 nitrogen and oxygen atoms in total. The fraction of sp³-hybridized carbons (Fsp3) is 0.769. The van der Waals surface area contributed by atoms with E-state index in [4.69, 9.17) is 18.9 Å². The summed E-state index contributed by atoms with van der Waals surface area (Å²) in [6.45, 7) is 33.1. The zero-order chi connectivity index (χ0) is 47.6. The van der Waals surface area contributed by atoms with Crippen molar-refractivity contribution in [2.75, 3.05) is 0 Å². The fourth-order valence-corrected chi connectivity index (χ4v) is 11.6. The van der Waals surface area contributed by atoms with Crippen molar-refractivity contribution in [2.24, 2.45) is 0 Å². The summed E-state index contributed by atoms with van der Waals surface area (Å²) in [6.07, 6.45) is 7.92. The molecular formula is C52H86N4O8. The van der Waals surface area contributed by atoms with E-state index in [9.17, 15) is 20.8 Å². The van der Waals surface area contributed by atoms with Gasteiger partial charge in [0, 0.05) is 70.0 Å². The largest absolute Gasteiger partial charge is 0.486 e. The van der Waals surface area contributed by atoms with Crippen LogP contribution in [0.5, 0.6) is 23.0 Å². The lowest BCUT2D eigenvalue weighted by atomic mass is 9.95. The van der Waals surface area contributed by atoms with E-state index in [1.165, 1.54) is 20.3 Å². The number of hydrogen-bond acceptors (Lipinski definition) is 12. The van der Waals surface area contributed by atoms with Crippen molar-refractivity contribution < 1.29 is 39.8 Å². The lowest BCUT2D eigenvalue weighted by Gasteiger charge is -2.42. The minimum absolute atomic E-state index is 0.158. The van der Waals surface area contributed by atoms with Gasteiger partial charge in [0.15, 0.2) is 23.0 Å². The molecule has 362 valence electrons. The molecule has 2 aromatic rings. The lowest BCUT2D eigenvalue weighted by Crippen LogP contribution is -2.52. The van der Waals surface area contributed by atoms with Gasteiger partial charge in [-0.1, -0.05) is 12.1 Å². The van der Waals surface area contributed by atoms with Crippen LogP contribution in [-0.4, -0.2) is 110 Å². The molecule has 4 atom stereocenters. The topological polar surface area (TPSA) is 131 Å². The molecule has 0 radical (unpaired) electrons. The first kappa shape index (κ1) is 50.7. The Kier molecular flexibility index (Phi) is 14.1. The van der Waals surface area contributed by atoms with Gasteiger partial charge in [0.1, 0.15) is 24.4 Å². The maximum Gasteiger partial charge on any atom is 0.162 e. The molecule has 4 heterocycles. The Balaban J connectivity index is 1.40. The van der Waals surface area contributed by atoms with Crippen molar-refractivity contribution in [1.29, 1.82) is 0 Å². The average molecular weight is 895 g/mol. The summed E-state index contributed by atoms with van der Waals surface area (Å²) in [5.41, 5.74) is -1.87. The van der Waals surface area contributed by atoms with Gasteiger partial charge >= 0.3 is 0 Å². The van der Waals surface area contributed by atoms with Gasteiger partial charge in [-0.2, -0.15) is 20.3 Å². The molecular weight excluding hydrogens is 809 g/mol. The summed E-state index contributed by atoms with van der Waals surface area (Å²) in [5.74, 6) is 2.59. The van der Waals surface area contributed by atoms with Crippen LogP contribution in [0.15, 0.2) is 36.4 Å².